The summed E-state index contributed by atoms with van der Waals surface area (Å²) in [5.74, 6) is -0.960. The van der Waals surface area contributed by atoms with E-state index in [-0.39, 0.29) is 19.1 Å². The van der Waals surface area contributed by atoms with Crippen molar-refractivity contribution in [3.63, 3.8) is 0 Å². The molecular weight excluding hydrogens is 488 g/mol. The van der Waals surface area contributed by atoms with Gasteiger partial charge >= 0.3 is 12.1 Å². The number of hydrogen-bond donors (Lipinski definition) is 3. The number of alkyl carbamates (subject to hydrolysis) is 1. The van der Waals surface area contributed by atoms with Crippen LogP contribution in [0.15, 0.2) is 54.6 Å². The van der Waals surface area contributed by atoms with Gasteiger partial charge in [0.2, 0.25) is 0 Å². The van der Waals surface area contributed by atoms with E-state index in [0.29, 0.717) is 18.6 Å². The molecule has 0 aliphatic carbocycles. The molecule has 9 heteroatoms. The molecule has 0 unspecified atom stereocenters. The Morgan fingerprint density at radius 3 is 2.11 bits per heavy atom. The molecule has 38 heavy (non-hydrogen) atoms. The first-order chi connectivity index (χ1) is 18.2. The zero-order valence-electron chi connectivity index (χ0n) is 22.6. The van der Waals surface area contributed by atoms with E-state index in [1.165, 1.54) is 0 Å². The number of benzene rings is 2. The van der Waals surface area contributed by atoms with E-state index in [4.69, 9.17) is 14.2 Å². The summed E-state index contributed by atoms with van der Waals surface area (Å²) in [4.78, 5) is 38.2. The van der Waals surface area contributed by atoms with Crippen LogP contribution in [-0.4, -0.2) is 48.4 Å². The molecule has 2 rings (SSSR count). The van der Waals surface area contributed by atoms with E-state index in [0.717, 1.165) is 24.0 Å². The fourth-order valence-corrected chi connectivity index (χ4v) is 3.72. The van der Waals surface area contributed by atoms with Gasteiger partial charge in [-0.25, -0.2) is 9.59 Å². The van der Waals surface area contributed by atoms with E-state index < -0.39 is 36.2 Å². The van der Waals surface area contributed by atoms with Crippen LogP contribution in [0.5, 0.6) is 5.75 Å². The lowest BCUT2D eigenvalue weighted by Crippen LogP contribution is -2.55. The van der Waals surface area contributed by atoms with Crippen molar-refractivity contribution < 1.29 is 33.7 Å². The largest absolute Gasteiger partial charge is 0.497 e. The molecule has 0 aliphatic rings. The quantitative estimate of drug-likeness (QED) is 0.235. The molecule has 0 bridgehead atoms. The van der Waals surface area contributed by atoms with Crippen LogP contribution in [0.1, 0.15) is 57.6 Å². The predicted molar refractivity (Wildman–Crippen MR) is 143 cm³/mol. The number of nitrogens with one attached hydrogen (secondary N) is 2. The Hall–Kier alpha value is -3.59. The first-order valence-electron chi connectivity index (χ1n) is 13.0. The SMILES string of the molecule is CCCCC[C@@H](NC(=O)OCc1ccc(OC)cc1)[C@@H](O)C(=O)N[C@H](C(=O)OCc1ccccc1)C(C)C. The normalized spacial score (nSPS) is 13.2. The van der Waals surface area contributed by atoms with Gasteiger partial charge in [-0.1, -0.05) is 82.5 Å². The molecule has 2 aromatic carbocycles. The lowest BCUT2D eigenvalue weighted by molar-refractivity contribution is -0.151. The summed E-state index contributed by atoms with van der Waals surface area (Å²) in [5, 5.41) is 16.1. The number of carbonyl (C=O) groups excluding carboxylic acids is 3. The number of carbonyl (C=O) groups is 3. The summed E-state index contributed by atoms with van der Waals surface area (Å²) < 4.78 is 15.8. The average Bonchev–Trinajstić information content (AvgIpc) is 2.93. The molecule has 3 atom stereocenters. The number of hydrogen-bond acceptors (Lipinski definition) is 7. The Kier molecular flexibility index (Phi) is 13.1. The summed E-state index contributed by atoms with van der Waals surface area (Å²) in [6.45, 7) is 5.66. The first kappa shape index (κ1) is 30.6. The molecule has 0 heterocycles. The lowest BCUT2D eigenvalue weighted by Gasteiger charge is -2.26. The van der Waals surface area contributed by atoms with Crippen molar-refractivity contribution >= 4 is 18.0 Å². The minimum absolute atomic E-state index is 0.0163. The lowest BCUT2D eigenvalue weighted by atomic mass is 10.0. The highest BCUT2D eigenvalue weighted by atomic mass is 16.5. The zero-order valence-corrected chi connectivity index (χ0v) is 22.6. The zero-order chi connectivity index (χ0) is 27.9. The van der Waals surface area contributed by atoms with Gasteiger partial charge in [-0.3, -0.25) is 4.79 Å². The van der Waals surface area contributed by atoms with Crippen molar-refractivity contribution in [1.82, 2.24) is 10.6 Å². The van der Waals surface area contributed by atoms with Gasteiger partial charge in [0.1, 0.15) is 25.0 Å². The fraction of sp³-hybridized carbons (Fsp3) is 0.483. The molecule has 3 N–H and O–H groups in total. The summed E-state index contributed by atoms with van der Waals surface area (Å²) in [5.41, 5.74) is 1.58. The maximum Gasteiger partial charge on any atom is 0.407 e. The van der Waals surface area contributed by atoms with Crippen LogP contribution in [0.25, 0.3) is 0 Å². The maximum atomic E-state index is 13.0. The highest BCUT2D eigenvalue weighted by molar-refractivity contribution is 5.87. The third kappa shape index (κ3) is 10.4. The average molecular weight is 529 g/mol. The van der Waals surface area contributed by atoms with Crippen LogP contribution in [-0.2, 0) is 32.3 Å². The van der Waals surface area contributed by atoms with Gasteiger partial charge in [-0.05, 0) is 35.6 Å². The second kappa shape index (κ2) is 16.3. The van der Waals surface area contributed by atoms with Crippen molar-refractivity contribution in [2.24, 2.45) is 5.92 Å². The number of aliphatic hydroxyl groups is 1. The van der Waals surface area contributed by atoms with Crippen LogP contribution in [0.2, 0.25) is 0 Å². The Morgan fingerprint density at radius 2 is 1.50 bits per heavy atom. The highest BCUT2D eigenvalue weighted by Crippen LogP contribution is 2.14. The third-order valence-electron chi connectivity index (χ3n) is 6.04. The Bertz CT molecular complexity index is 996. The highest BCUT2D eigenvalue weighted by Gasteiger charge is 2.33. The second-order valence-electron chi connectivity index (χ2n) is 9.44. The van der Waals surface area contributed by atoms with E-state index >= 15 is 0 Å². The van der Waals surface area contributed by atoms with Gasteiger partial charge in [-0.15, -0.1) is 0 Å². The molecule has 9 nitrogen and oxygen atoms in total. The minimum Gasteiger partial charge on any atom is -0.497 e. The first-order valence-corrected chi connectivity index (χ1v) is 13.0. The molecule has 2 aromatic rings. The van der Waals surface area contributed by atoms with Crippen molar-refractivity contribution in [2.45, 2.75) is 77.9 Å². The molecule has 208 valence electrons. The number of esters is 1. The van der Waals surface area contributed by atoms with Gasteiger partial charge in [0, 0.05) is 0 Å². The van der Waals surface area contributed by atoms with Crippen molar-refractivity contribution in [2.75, 3.05) is 7.11 Å². The molecule has 0 fully saturated rings. The maximum absolute atomic E-state index is 13.0. The molecule has 0 saturated carbocycles. The molecule has 2 amide bonds. The van der Waals surface area contributed by atoms with E-state index in [2.05, 4.69) is 10.6 Å². The fourth-order valence-electron chi connectivity index (χ4n) is 3.72. The number of ether oxygens (including phenoxy) is 3. The van der Waals surface area contributed by atoms with E-state index in [9.17, 15) is 19.5 Å². The monoisotopic (exact) mass is 528 g/mol. The summed E-state index contributed by atoms with van der Waals surface area (Å²) >= 11 is 0. The van der Waals surface area contributed by atoms with Gasteiger partial charge in [-0.2, -0.15) is 0 Å². The van der Waals surface area contributed by atoms with E-state index in [1.54, 1.807) is 45.2 Å². The number of rotatable bonds is 15. The predicted octanol–water partition coefficient (Wildman–Crippen LogP) is 4.12. The van der Waals surface area contributed by atoms with Crippen LogP contribution < -0.4 is 15.4 Å². The molecule has 0 aromatic heterocycles. The molecular formula is C29H40N2O7. The Labute approximate surface area is 224 Å². The van der Waals surface area contributed by atoms with Crippen molar-refractivity contribution in [1.29, 1.82) is 0 Å². The number of unbranched alkanes of at least 4 members (excludes halogenated alkanes) is 2. The summed E-state index contributed by atoms with van der Waals surface area (Å²) in [7, 11) is 1.57. The Morgan fingerprint density at radius 1 is 0.868 bits per heavy atom. The molecule has 0 aliphatic heterocycles. The molecule has 0 radical (unpaired) electrons. The van der Waals surface area contributed by atoms with Crippen LogP contribution >= 0.6 is 0 Å². The Balaban J connectivity index is 1.98. The molecule has 0 saturated heterocycles. The number of amides is 2. The van der Waals surface area contributed by atoms with Crippen molar-refractivity contribution in [3.8, 4) is 5.75 Å². The summed E-state index contributed by atoms with van der Waals surface area (Å²) in [6, 6.07) is 14.4. The number of methoxy groups -OCH3 is 1. The standard InChI is InChI=1S/C29H40N2O7/c1-5-6-8-13-24(30-29(35)38-19-22-14-16-23(36-4)17-15-22)26(32)27(33)31-25(20(2)3)28(34)37-18-21-11-9-7-10-12-21/h7,9-12,14-17,20,24-26,32H,5-6,8,13,18-19H2,1-4H3,(H,30,35)(H,31,33)/t24-,25+,26-/m1/s1. The van der Waals surface area contributed by atoms with Gasteiger partial charge in [0.25, 0.3) is 5.91 Å². The van der Waals surface area contributed by atoms with Crippen LogP contribution in [0.3, 0.4) is 0 Å². The topological polar surface area (TPSA) is 123 Å². The summed E-state index contributed by atoms with van der Waals surface area (Å²) in [6.07, 6.45) is 0.524. The minimum atomic E-state index is -1.58. The molecule has 0 spiro atoms. The van der Waals surface area contributed by atoms with Gasteiger partial charge in [0.15, 0.2) is 6.10 Å². The number of aliphatic hydroxyl groups excluding tert-OH is 1. The second-order valence-corrected chi connectivity index (χ2v) is 9.44. The van der Waals surface area contributed by atoms with Crippen molar-refractivity contribution in [3.05, 3.63) is 65.7 Å². The van der Waals surface area contributed by atoms with Crippen LogP contribution in [0.4, 0.5) is 4.79 Å². The van der Waals surface area contributed by atoms with Gasteiger partial charge < -0.3 is 30.0 Å². The third-order valence-corrected chi connectivity index (χ3v) is 6.04. The van der Waals surface area contributed by atoms with Crippen LogP contribution in [0, 0.1) is 5.92 Å². The smallest absolute Gasteiger partial charge is 0.407 e. The van der Waals surface area contributed by atoms with Gasteiger partial charge in [0.05, 0.1) is 13.2 Å². The van der Waals surface area contributed by atoms with E-state index in [1.807, 2.05) is 37.3 Å².